The molecule has 0 radical (unpaired) electrons. The Balaban J connectivity index is 2.01. The summed E-state index contributed by atoms with van der Waals surface area (Å²) >= 11 is 0. The van der Waals surface area contributed by atoms with Crippen LogP contribution in [0.5, 0.6) is 0 Å². The second kappa shape index (κ2) is 2.23. The van der Waals surface area contributed by atoms with Gasteiger partial charge in [-0.3, -0.25) is 0 Å². The standard InChI is InChI=1S/C9H17N/c1-10-8-4-2-3-5-9(8)6-7-9/h8,10H,2-7H2,1H3/t8-/m1/s1. The predicted octanol–water partition coefficient (Wildman–Crippen LogP) is 1.93. The lowest BCUT2D eigenvalue weighted by atomic mass is 9.82. The number of hydrogen-bond donors (Lipinski definition) is 1. The van der Waals surface area contributed by atoms with Crippen molar-refractivity contribution in [3.63, 3.8) is 0 Å². The molecule has 1 N–H and O–H groups in total. The van der Waals surface area contributed by atoms with E-state index in [0.717, 1.165) is 11.5 Å². The van der Waals surface area contributed by atoms with Crippen LogP contribution in [0.1, 0.15) is 38.5 Å². The molecule has 0 aliphatic heterocycles. The maximum absolute atomic E-state index is 3.46. The Kier molecular flexibility index (Phi) is 1.48. The van der Waals surface area contributed by atoms with E-state index in [4.69, 9.17) is 0 Å². The molecule has 2 aliphatic carbocycles. The Morgan fingerprint density at radius 2 is 2.00 bits per heavy atom. The lowest BCUT2D eigenvalue weighted by Gasteiger charge is -2.31. The number of rotatable bonds is 1. The van der Waals surface area contributed by atoms with Gasteiger partial charge in [0.2, 0.25) is 0 Å². The highest BCUT2D eigenvalue weighted by atomic mass is 14.9. The molecule has 0 saturated heterocycles. The van der Waals surface area contributed by atoms with Gasteiger partial charge in [-0.05, 0) is 38.1 Å². The van der Waals surface area contributed by atoms with Crippen LogP contribution in [0.2, 0.25) is 0 Å². The summed E-state index contributed by atoms with van der Waals surface area (Å²) in [5.41, 5.74) is 0.785. The average molecular weight is 139 g/mol. The SMILES string of the molecule is CN[C@@H]1CCCCC12CC2. The Hall–Kier alpha value is -0.0400. The van der Waals surface area contributed by atoms with Crippen LogP contribution in [0.15, 0.2) is 0 Å². The van der Waals surface area contributed by atoms with Gasteiger partial charge >= 0.3 is 0 Å². The third-order valence-electron chi connectivity index (χ3n) is 3.40. The first-order chi connectivity index (χ1) is 4.87. The zero-order valence-electron chi connectivity index (χ0n) is 6.82. The van der Waals surface area contributed by atoms with Crippen molar-refractivity contribution in [2.75, 3.05) is 7.05 Å². The molecule has 0 unspecified atom stereocenters. The van der Waals surface area contributed by atoms with Gasteiger partial charge in [0.1, 0.15) is 0 Å². The van der Waals surface area contributed by atoms with Crippen LogP contribution in [-0.4, -0.2) is 13.1 Å². The zero-order chi connectivity index (χ0) is 7.03. The quantitative estimate of drug-likeness (QED) is 0.585. The molecule has 2 fully saturated rings. The van der Waals surface area contributed by atoms with Crippen LogP contribution in [0.4, 0.5) is 0 Å². The van der Waals surface area contributed by atoms with E-state index < -0.39 is 0 Å². The summed E-state index contributed by atoms with van der Waals surface area (Å²) in [7, 11) is 2.12. The molecule has 1 heteroatoms. The van der Waals surface area contributed by atoms with Crippen molar-refractivity contribution in [2.24, 2.45) is 5.41 Å². The lowest BCUT2D eigenvalue weighted by molar-refractivity contribution is 0.252. The van der Waals surface area contributed by atoms with Crippen LogP contribution >= 0.6 is 0 Å². The minimum atomic E-state index is 0.785. The summed E-state index contributed by atoms with van der Waals surface area (Å²) in [6.45, 7) is 0. The van der Waals surface area contributed by atoms with Gasteiger partial charge in [-0.2, -0.15) is 0 Å². The molecule has 2 rings (SSSR count). The van der Waals surface area contributed by atoms with Crippen LogP contribution in [0.25, 0.3) is 0 Å². The lowest BCUT2D eigenvalue weighted by Crippen LogP contribution is -2.37. The summed E-state index contributed by atoms with van der Waals surface area (Å²) in [6.07, 6.45) is 8.86. The molecule has 0 aromatic heterocycles. The second-order valence-corrected chi connectivity index (χ2v) is 3.95. The molecule has 1 nitrogen and oxygen atoms in total. The first kappa shape index (κ1) is 6.66. The summed E-state index contributed by atoms with van der Waals surface area (Å²) in [6, 6.07) is 0.862. The Bertz CT molecular complexity index is 127. The molecule has 0 heterocycles. The van der Waals surface area contributed by atoms with Crippen molar-refractivity contribution < 1.29 is 0 Å². The molecule has 2 saturated carbocycles. The van der Waals surface area contributed by atoms with Crippen LogP contribution < -0.4 is 5.32 Å². The first-order valence-corrected chi connectivity index (χ1v) is 4.55. The highest BCUT2D eigenvalue weighted by molar-refractivity contribution is 5.03. The van der Waals surface area contributed by atoms with Gasteiger partial charge in [-0.15, -0.1) is 0 Å². The van der Waals surface area contributed by atoms with Crippen LogP contribution in [-0.2, 0) is 0 Å². The summed E-state index contributed by atoms with van der Waals surface area (Å²) in [5.74, 6) is 0. The van der Waals surface area contributed by atoms with E-state index >= 15 is 0 Å². The van der Waals surface area contributed by atoms with E-state index in [1.165, 1.54) is 38.5 Å². The van der Waals surface area contributed by atoms with Gasteiger partial charge in [0.15, 0.2) is 0 Å². The van der Waals surface area contributed by atoms with Gasteiger partial charge in [-0.1, -0.05) is 12.8 Å². The molecule has 10 heavy (non-hydrogen) atoms. The van der Waals surface area contributed by atoms with Gasteiger partial charge in [0, 0.05) is 6.04 Å². The van der Waals surface area contributed by atoms with Crippen molar-refractivity contribution in [1.82, 2.24) is 5.32 Å². The predicted molar refractivity (Wildman–Crippen MR) is 43.0 cm³/mol. The van der Waals surface area contributed by atoms with E-state index in [-0.39, 0.29) is 0 Å². The fraction of sp³-hybridized carbons (Fsp3) is 1.00. The monoisotopic (exact) mass is 139 g/mol. The molecule has 1 spiro atoms. The fourth-order valence-corrected chi connectivity index (χ4v) is 2.52. The molecule has 58 valence electrons. The first-order valence-electron chi connectivity index (χ1n) is 4.55. The van der Waals surface area contributed by atoms with E-state index in [9.17, 15) is 0 Å². The van der Waals surface area contributed by atoms with Crippen molar-refractivity contribution in [2.45, 2.75) is 44.6 Å². The Morgan fingerprint density at radius 3 is 2.50 bits per heavy atom. The molecule has 0 amide bonds. The van der Waals surface area contributed by atoms with Crippen molar-refractivity contribution in [3.05, 3.63) is 0 Å². The molecule has 0 bridgehead atoms. The van der Waals surface area contributed by atoms with E-state index in [2.05, 4.69) is 12.4 Å². The average Bonchev–Trinajstić information content (AvgIpc) is 2.71. The highest BCUT2D eigenvalue weighted by Gasteiger charge is 2.49. The minimum absolute atomic E-state index is 0.785. The molecular formula is C9H17N. The molecule has 2 aliphatic rings. The minimum Gasteiger partial charge on any atom is -0.316 e. The van der Waals surface area contributed by atoms with Gasteiger partial charge in [0.05, 0.1) is 0 Å². The molecule has 0 aromatic rings. The second-order valence-electron chi connectivity index (χ2n) is 3.95. The number of hydrogen-bond acceptors (Lipinski definition) is 1. The number of nitrogens with one attached hydrogen (secondary N) is 1. The maximum atomic E-state index is 3.46. The van der Waals surface area contributed by atoms with Gasteiger partial charge in [-0.25, -0.2) is 0 Å². The van der Waals surface area contributed by atoms with Crippen molar-refractivity contribution >= 4 is 0 Å². The van der Waals surface area contributed by atoms with E-state index in [0.29, 0.717) is 0 Å². The Morgan fingerprint density at radius 1 is 1.20 bits per heavy atom. The zero-order valence-corrected chi connectivity index (χ0v) is 6.82. The third kappa shape index (κ3) is 0.878. The van der Waals surface area contributed by atoms with Crippen LogP contribution in [0, 0.1) is 5.41 Å². The third-order valence-corrected chi connectivity index (χ3v) is 3.40. The van der Waals surface area contributed by atoms with Crippen LogP contribution in [0.3, 0.4) is 0 Å². The summed E-state index contributed by atoms with van der Waals surface area (Å²) in [4.78, 5) is 0. The normalized spacial score (nSPS) is 36.3. The Labute approximate surface area is 63.2 Å². The largest absolute Gasteiger partial charge is 0.316 e. The fourth-order valence-electron chi connectivity index (χ4n) is 2.52. The molecular weight excluding hydrogens is 122 g/mol. The maximum Gasteiger partial charge on any atom is 0.0120 e. The summed E-state index contributed by atoms with van der Waals surface area (Å²) < 4.78 is 0. The highest BCUT2D eigenvalue weighted by Crippen LogP contribution is 2.55. The van der Waals surface area contributed by atoms with Gasteiger partial charge in [0.25, 0.3) is 0 Å². The molecule has 0 aromatic carbocycles. The van der Waals surface area contributed by atoms with E-state index in [1.807, 2.05) is 0 Å². The van der Waals surface area contributed by atoms with Crippen molar-refractivity contribution in [3.8, 4) is 0 Å². The topological polar surface area (TPSA) is 12.0 Å². The van der Waals surface area contributed by atoms with Gasteiger partial charge < -0.3 is 5.32 Å². The van der Waals surface area contributed by atoms with E-state index in [1.54, 1.807) is 0 Å². The van der Waals surface area contributed by atoms with Crippen molar-refractivity contribution in [1.29, 1.82) is 0 Å². The smallest absolute Gasteiger partial charge is 0.0120 e. The summed E-state index contributed by atoms with van der Waals surface area (Å²) in [5, 5.41) is 3.46. The molecule has 1 atom stereocenters.